The molecule has 4 heterocycles. The fourth-order valence-corrected chi connectivity index (χ4v) is 6.77. The van der Waals surface area contributed by atoms with Crippen molar-refractivity contribution in [2.45, 2.75) is 24.0 Å². The number of aromatic nitrogens is 1. The molecule has 162 valence electrons. The molecule has 0 aromatic carbocycles. The normalized spacial score (nSPS) is 20.8. The Labute approximate surface area is 180 Å². The Morgan fingerprint density at radius 2 is 2.03 bits per heavy atom. The number of hydrogen-bond donors (Lipinski definition) is 1. The lowest BCUT2D eigenvalue weighted by atomic mass is 9.98. The van der Waals surface area contributed by atoms with Crippen molar-refractivity contribution in [2.75, 3.05) is 49.6 Å². The zero-order chi connectivity index (χ0) is 21.1. The minimum Gasteiger partial charge on any atom is -0.378 e. The molecule has 8 nitrogen and oxygen atoms in total. The molecular weight excluding hydrogens is 424 g/mol. The zero-order valence-corrected chi connectivity index (χ0v) is 18.5. The van der Waals surface area contributed by atoms with Gasteiger partial charge in [0.15, 0.2) is 5.82 Å². The molecular formula is C20H26N4O4S2. The van der Waals surface area contributed by atoms with Crippen molar-refractivity contribution in [3.63, 3.8) is 0 Å². The van der Waals surface area contributed by atoms with Crippen LogP contribution in [0.1, 0.15) is 17.7 Å². The summed E-state index contributed by atoms with van der Waals surface area (Å²) in [5, 5.41) is 2.99. The van der Waals surface area contributed by atoms with Gasteiger partial charge in [0.05, 0.1) is 24.8 Å². The lowest BCUT2D eigenvalue weighted by Crippen LogP contribution is -2.43. The highest BCUT2D eigenvalue weighted by Gasteiger charge is 2.34. The van der Waals surface area contributed by atoms with Crippen LogP contribution in [0.15, 0.2) is 34.7 Å². The van der Waals surface area contributed by atoms with Crippen LogP contribution in [0.25, 0.3) is 0 Å². The van der Waals surface area contributed by atoms with Crippen LogP contribution < -0.4 is 10.2 Å². The first kappa shape index (κ1) is 21.2. The number of morpholine rings is 1. The molecule has 0 radical (unpaired) electrons. The molecule has 0 bridgehead atoms. The van der Waals surface area contributed by atoms with Crippen LogP contribution in [0.3, 0.4) is 0 Å². The number of rotatable bonds is 5. The van der Waals surface area contributed by atoms with Gasteiger partial charge in [0.25, 0.3) is 10.0 Å². The third-order valence-corrected chi connectivity index (χ3v) is 8.75. The van der Waals surface area contributed by atoms with E-state index in [4.69, 9.17) is 4.74 Å². The summed E-state index contributed by atoms with van der Waals surface area (Å²) in [6.45, 7) is 5.21. The number of anilines is 2. The zero-order valence-electron chi connectivity index (χ0n) is 16.9. The highest BCUT2D eigenvalue weighted by Crippen LogP contribution is 2.30. The highest BCUT2D eigenvalue weighted by atomic mass is 32.2. The molecule has 4 rings (SSSR count). The van der Waals surface area contributed by atoms with Gasteiger partial charge in [-0.25, -0.2) is 13.4 Å². The van der Waals surface area contributed by atoms with Crippen LogP contribution in [0, 0.1) is 12.8 Å². The number of piperidine rings is 1. The van der Waals surface area contributed by atoms with Gasteiger partial charge in [0.1, 0.15) is 4.21 Å². The van der Waals surface area contributed by atoms with Crippen LogP contribution in [0.4, 0.5) is 11.5 Å². The summed E-state index contributed by atoms with van der Waals surface area (Å²) >= 11 is 1.26. The third kappa shape index (κ3) is 4.51. The number of sulfonamides is 1. The van der Waals surface area contributed by atoms with Gasteiger partial charge in [0, 0.05) is 37.3 Å². The lowest BCUT2D eigenvalue weighted by Gasteiger charge is -2.32. The van der Waals surface area contributed by atoms with E-state index in [2.05, 4.69) is 15.2 Å². The summed E-state index contributed by atoms with van der Waals surface area (Å²) in [4.78, 5) is 20.5. The minimum atomic E-state index is -3.57. The third-order valence-electron chi connectivity index (χ3n) is 5.42. The minimum absolute atomic E-state index is 0.167. The molecule has 2 aliphatic heterocycles. The molecule has 2 aromatic rings. The van der Waals surface area contributed by atoms with Gasteiger partial charge in [-0.3, -0.25) is 4.79 Å². The summed E-state index contributed by atoms with van der Waals surface area (Å²) in [7, 11) is -3.57. The number of ether oxygens (including phenoxy) is 1. The van der Waals surface area contributed by atoms with E-state index in [9.17, 15) is 13.2 Å². The van der Waals surface area contributed by atoms with Gasteiger partial charge >= 0.3 is 0 Å². The van der Waals surface area contributed by atoms with Gasteiger partial charge in [0.2, 0.25) is 5.91 Å². The van der Waals surface area contributed by atoms with E-state index in [-0.39, 0.29) is 12.5 Å². The Hall–Kier alpha value is -2.01. The van der Waals surface area contributed by atoms with Crippen molar-refractivity contribution >= 4 is 38.8 Å². The van der Waals surface area contributed by atoms with E-state index in [0.717, 1.165) is 23.8 Å². The summed E-state index contributed by atoms with van der Waals surface area (Å²) < 4.78 is 33.1. The van der Waals surface area contributed by atoms with Crippen LogP contribution in [0.5, 0.6) is 0 Å². The lowest BCUT2D eigenvalue weighted by molar-refractivity contribution is -0.120. The Kier molecular flexibility index (Phi) is 6.37. The number of carbonyl (C=O) groups excluding carboxylic acids is 1. The monoisotopic (exact) mass is 450 g/mol. The van der Waals surface area contributed by atoms with Gasteiger partial charge in [-0.1, -0.05) is 0 Å². The molecule has 10 heteroatoms. The predicted molar refractivity (Wildman–Crippen MR) is 116 cm³/mol. The fraction of sp³-hybridized carbons (Fsp3) is 0.500. The number of pyridine rings is 1. The second-order valence-corrected chi connectivity index (χ2v) is 11.0. The maximum Gasteiger partial charge on any atom is 0.252 e. The second-order valence-electron chi connectivity index (χ2n) is 7.53. The first-order valence-corrected chi connectivity index (χ1v) is 12.4. The van der Waals surface area contributed by atoms with Crippen molar-refractivity contribution in [2.24, 2.45) is 5.92 Å². The Morgan fingerprint density at radius 3 is 2.77 bits per heavy atom. The predicted octanol–water partition coefficient (Wildman–Crippen LogP) is 2.33. The SMILES string of the molecule is Cc1ccc(S(=O)(=O)N2CCCC(C(=O)Nc3cccnc3N3CCOCC3)C2)s1. The van der Waals surface area contributed by atoms with Crippen LogP contribution in [-0.2, 0) is 19.6 Å². The fourth-order valence-electron chi connectivity index (χ4n) is 3.81. The highest BCUT2D eigenvalue weighted by molar-refractivity contribution is 7.91. The van der Waals surface area contributed by atoms with Gasteiger partial charge in [-0.2, -0.15) is 4.31 Å². The summed E-state index contributed by atoms with van der Waals surface area (Å²) in [5.74, 6) is 0.163. The number of nitrogens with one attached hydrogen (secondary N) is 1. The molecule has 2 saturated heterocycles. The van der Waals surface area contributed by atoms with E-state index in [1.807, 2.05) is 13.0 Å². The Balaban J connectivity index is 1.47. The molecule has 2 fully saturated rings. The second kappa shape index (κ2) is 9.01. The quantitative estimate of drug-likeness (QED) is 0.752. The molecule has 30 heavy (non-hydrogen) atoms. The van der Waals surface area contributed by atoms with E-state index >= 15 is 0 Å². The van der Waals surface area contributed by atoms with E-state index in [1.165, 1.54) is 15.6 Å². The first-order valence-electron chi connectivity index (χ1n) is 10.1. The number of amides is 1. The summed E-state index contributed by atoms with van der Waals surface area (Å²) in [5.41, 5.74) is 0.651. The number of nitrogens with zero attached hydrogens (tertiary/aromatic N) is 3. The Morgan fingerprint density at radius 1 is 1.23 bits per heavy atom. The smallest absolute Gasteiger partial charge is 0.252 e. The molecule has 0 spiro atoms. The van der Waals surface area contributed by atoms with Crippen molar-refractivity contribution in [3.05, 3.63) is 35.3 Å². The molecule has 1 unspecified atom stereocenters. The van der Waals surface area contributed by atoms with Gasteiger partial charge in [-0.05, 0) is 44.0 Å². The van der Waals surface area contributed by atoms with Crippen molar-refractivity contribution in [1.29, 1.82) is 0 Å². The molecule has 0 aliphatic carbocycles. The molecule has 1 atom stereocenters. The topological polar surface area (TPSA) is 91.8 Å². The standard InChI is InChI=1S/C20H26N4O4S2/c1-15-6-7-18(29-15)30(26,27)24-9-3-4-16(14-24)20(25)22-17-5-2-8-21-19(17)23-10-12-28-13-11-23/h2,5-8,16H,3-4,9-14H2,1H3,(H,22,25). The van der Waals surface area contributed by atoms with E-state index in [1.54, 1.807) is 24.4 Å². The van der Waals surface area contributed by atoms with Crippen molar-refractivity contribution in [3.8, 4) is 0 Å². The maximum absolute atomic E-state index is 13.0. The van der Waals surface area contributed by atoms with Crippen LogP contribution in [-0.4, -0.2) is 63.0 Å². The molecule has 1 amide bonds. The molecule has 0 saturated carbocycles. The van der Waals surface area contributed by atoms with Gasteiger partial charge in [-0.15, -0.1) is 11.3 Å². The number of thiophene rings is 1. The average molecular weight is 451 g/mol. The molecule has 2 aromatic heterocycles. The van der Waals surface area contributed by atoms with Crippen LogP contribution in [0.2, 0.25) is 0 Å². The summed E-state index contributed by atoms with van der Waals surface area (Å²) in [6.07, 6.45) is 3.03. The number of hydrogen-bond acceptors (Lipinski definition) is 7. The Bertz CT molecular complexity index is 1000. The van der Waals surface area contributed by atoms with Crippen molar-refractivity contribution in [1.82, 2.24) is 9.29 Å². The summed E-state index contributed by atoms with van der Waals surface area (Å²) in [6, 6.07) is 7.07. The van der Waals surface area contributed by atoms with E-state index in [0.29, 0.717) is 42.5 Å². The first-order chi connectivity index (χ1) is 14.4. The van der Waals surface area contributed by atoms with Crippen molar-refractivity contribution < 1.29 is 17.9 Å². The van der Waals surface area contributed by atoms with E-state index < -0.39 is 15.9 Å². The largest absolute Gasteiger partial charge is 0.378 e. The molecule has 1 N–H and O–H groups in total. The maximum atomic E-state index is 13.0. The number of aryl methyl sites for hydroxylation is 1. The molecule has 2 aliphatic rings. The van der Waals surface area contributed by atoms with Gasteiger partial charge < -0.3 is 15.0 Å². The average Bonchev–Trinajstić information content (AvgIpc) is 3.22. The van der Waals surface area contributed by atoms with Crippen LogP contribution >= 0.6 is 11.3 Å². The number of carbonyl (C=O) groups is 1.